The number of rotatable bonds is 6. The van der Waals surface area contributed by atoms with E-state index < -0.39 is 0 Å². The molecule has 62 heavy (non-hydrogen) atoms. The summed E-state index contributed by atoms with van der Waals surface area (Å²) in [6.07, 6.45) is 0. The second-order valence-corrected chi connectivity index (χ2v) is 16.1. The average Bonchev–Trinajstić information content (AvgIpc) is 3.85. The van der Waals surface area contributed by atoms with Crippen LogP contribution in [0.3, 0.4) is 0 Å². The maximum Gasteiger partial charge on any atom is 0.0547 e. The first-order chi connectivity index (χ1) is 30.8. The summed E-state index contributed by atoms with van der Waals surface area (Å²) in [7, 11) is 0. The Labute approximate surface area is 359 Å². The van der Waals surface area contributed by atoms with E-state index in [9.17, 15) is 0 Å². The molecule has 0 saturated carbocycles. The lowest BCUT2D eigenvalue weighted by molar-refractivity contribution is 1.18. The molecule has 290 valence electrons. The van der Waals surface area contributed by atoms with Crippen LogP contribution in [0.25, 0.3) is 76.9 Å². The van der Waals surface area contributed by atoms with Crippen LogP contribution in [-0.4, -0.2) is 9.13 Å². The molecule has 4 heteroatoms. The highest BCUT2D eigenvalue weighted by molar-refractivity contribution is 6.19. The molecule has 1 aliphatic rings. The zero-order valence-electron chi connectivity index (χ0n) is 33.7. The van der Waals surface area contributed by atoms with Crippen LogP contribution in [0.15, 0.2) is 231 Å². The molecule has 0 atom stereocenters. The van der Waals surface area contributed by atoms with Crippen molar-refractivity contribution in [3.05, 3.63) is 231 Å². The number of nitrogens with zero attached hydrogens (tertiary/aromatic N) is 4. The minimum absolute atomic E-state index is 1.09. The number of para-hydroxylation sites is 6. The van der Waals surface area contributed by atoms with Gasteiger partial charge < -0.3 is 18.9 Å². The van der Waals surface area contributed by atoms with Crippen LogP contribution >= 0.6 is 0 Å². The van der Waals surface area contributed by atoms with E-state index in [4.69, 9.17) is 0 Å². The number of hydrogen-bond donors (Lipinski definition) is 0. The van der Waals surface area contributed by atoms with Gasteiger partial charge in [-0.05, 0) is 109 Å². The smallest absolute Gasteiger partial charge is 0.0547 e. The molecule has 1 aliphatic heterocycles. The van der Waals surface area contributed by atoms with Crippen LogP contribution in [0.1, 0.15) is 0 Å². The molecule has 13 rings (SSSR count). The molecular formula is C58H38N4. The van der Waals surface area contributed by atoms with Crippen molar-refractivity contribution in [1.29, 1.82) is 0 Å². The highest BCUT2D eigenvalue weighted by Gasteiger charge is 2.28. The van der Waals surface area contributed by atoms with Crippen molar-refractivity contribution >= 4 is 88.5 Å². The van der Waals surface area contributed by atoms with E-state index in [1.54, 1.807) is 0 Å². The van der Waals surface area contributed by atoms with Gasteiger partial charge in [-0.15, -0.1) is 0 Å². The monoisotopic (exact) mass is 790 g/mol. The zero-order valence-corrected chi connectivity index (χ0v) is 33.7. The zero-order chi connectivity index (χ0) is 40.7. The normalized spacial score (nSPS) is 12.2. The van der Waals surface area contributed by atoms with E-state index in [-0.39, 0.29) is 0 Å². The second-order valence-electron chi connectivity index (χ2n) is 16.1. The van der Waals surface area contributed by atoms with Crippen molar-refractivity contribution in [3.63, 3.8) is 0 Å². The molecule has 0 unspecified atom stereocenters. The van der Waals surface area contributed by atoms with Gasteiger partial charge in [-0.25, -0.2) is 0 Å². The second kappa shape index (κ2) is 13.6. The molecule has 0 amide bonds. The summed E-state index contributed by atoms with van der Waals surface area (Å²) in [5, 5.41) is 7.29. The van der Waals surface area contributed by atoms with Crippen molar-refractivity contribution < 1.29 is 0 Å². The first-order valence-corrected chi connectivity index (χ1v) is 21.3. The van der Waals surface area contributed by atoms with Gasteiger partial charge in [0.05, 0.1) is 39.1 Å². The molecule has 0 saturated heterocycles. The summed E-state index contributed by atoms with van der Waals surface area (Å²) in [6.45, 7) is 0. The Kier molecular flexibility index (Phi) is 7.57. The molecule has 0 aliphatic carbocycles. The van der Waals surface area contributed by atoms with E-state index >= 15 is 0 Å². The molecule has 2 aromatic heterocycles. The van der Waals surface area contributed by atoms with Crippen LogP contribution in [0.2, 0.25) is 0 Å². The third-order valence-electron chi connectivity index (χ3n) is 12.8. The van der Waals surface area contributed by atoms with Gasteiger partial charge in [-0.2, -0.15) is 0 Å². The molecule has 0 spiro atoms. The average molecular weight is 791 g/mol. The lowest BCUT2D eigenvalue weighted by Crippen LogP contribution is -2.16. The van der Waals surface area contributed by atoms with E-state index in [0.29, 0.717) is 0 Å². The molecular weight excluding hydrogens is 753 g/mol. The van der Waals surface area contributed by atoms with Crippen molar-refractivity contribution in [1.82, 2.24) is 9.13 Å². The highest BCUT2D eigenvalue weighted by Crippen LogP contribution is 2.54. The van der Waals surface area contributed by atoms with Crippen LogP contribution in [0, 0.1) is 0 Å². The fourth-order valence-electron chi connectivity index (χ4n) is 10.2. The number of anilines is 6. The predicted molar refractivity (Wildman–Crippen MR) is 261 cm³/mol. The Morgan fingerprint density at radius 2 is 0.758 bits per heavy atom. The van der Waals surface area contributed by atoms with Gasteiger partial charge in [0.15, 0.2) is 0 Å². The van der Waals surface area contributed by atoms with Gasteiger partial charge in [-0.3, -0.25) is 0 Å². The lowest BCUT2D eigenvalue weighted by atomic mass is 9.89. The highest BCUT2D eigenvalue weighted by atomic mass is 15.2. The van der Waals surface area contributed by atoms with Crippen molar-refractivity contribution in [2.75, 3.05) is 9.80 Å². The third-order valence-corrected chi connectivity index (χ3v) is 12.8. The Hall–Kier alpha value is -8.34. The molecule has 0 radical (unpaired) electrons. The molecule has 0 N–H and O–H groups in total. The van der Waals surface area contributed by atoms with Gasteiger partial charge in [-0.1, -0.05) is 127 Å². The summed E-state index contributed by atoms with van der Waals surface area (Å²) < 4.78 is 4.78. The summed E-state index contributed by atoms with van der Waals surface area (Å²) >= 11 is 0. The first-order valence-electron chi connectivity index (χ1n) is 21.3. The van der Waals surface area contributed by atoms with E-state index in [1.807, 2.05) is 0 Å². The molecule has 10 aromatic carbocycles. The lowest BCUT2D eigenvalue weighted by Gasteiger charge is -2.35. The summed E-state index contributed by atoms with van der Waals surface area (Å²) in [5.41, 5.74) is 16.3. The van der Waals surface area contributed by atoms with Crippen molar-refractivity contribution in [2.24, 2.45) is 0 Å². The van der Waals surface area contributed by atoms with Crippen molar-refractivity contribution in [3.8, 4) is 22.5 Å². The summed E-state index contributed by atoms with van der Waals surface area (Å²) in [4.78, 5) is 4.91. The third kappa shape index (κ3) is 5.07. The SMILES string of the molecule is c1ccc(N2c3ccccc3-c3ccc(N(c4ccc5c(c4)c4ccccc4n5-c4ccccc4)c4ccc5c(c4)c4ccccc4n5-c4ccccc4)c4cccc2c34)cc1. The fourth-order valence-corrected chi connectivity index (χ4v) is 10.2. The molecule has 4 nitrogen and oxygen atoms in total. The predicted octanol–water partition coefficient (Wildman–Crippen LogP) is 16.0. The minimum atomic E-state index is 1.09. The van der Waals surface area contributed by atoms with Gasteiger partial charge in [0.2, 0.25) is 0 Å². The van der Waals surface area contributed by atoms with Crippen LogP contribution in [-0.2, 0) is 0 Å². The Balaban J connectivity index is 1.10. The van der Waals surface area contributed by atoms with Gasteiger partial charge in [0.25, 0.3) is 0 Å². The standard InChI is InChI=1S/C58H38N4/c1-4-17-39(18-5-1)60-52-28-14-11-24-45(52)49-37-42(31-34-55(49)60)59(43-32-35-56-50(38-43)46-25-12-15-29-53(46)61(56)40-19-6-2-7-20-40)54-36-33-47-44-23-10-13-27-51(44)62(41-21-8-3-9-22-41)57-30-16-26-48(54)58(47)57/h1-38H. The number of benzene rings is 10. The Bertz CT molecular complexity index is 3540. The first kappa shape index (κ1) is 34.5. The van der Waals surface area contributed by atoms with Crippen LogP contribution < -0.4 is 9.80 Å². The van der Waals surface area contributed by atoms with Gasteiger partial charge in [0, 0.05) is 66.3 Å². The quantitative estimate of drug-likeness (QED) is 0.167. The van der Waals surface area contributed by atoms with Gasteiger partial charge >= 0.3 is 0 Å². The topological polar surface area (TPSA) is 16.3 Å². The molecule has 0 bridgehead atoms. The summed E-state index contributed by atoms with van der Waals surface area (Å²) in [5.74, 6) is 0. The fraction of sp³-hybridized carbons (Fsp3) is 0. The van der Waals surface area contributed by atoms with Crippen LogP contribution in [0.4, 0.5) is 34.1 Å². The van der Waals surface area contributed by atoms with E-state index in [1.165, 1.54) is 76.9 Å². The van der Waals surface area contributed by atoms with Crippen LogP contribution in [0.5, 0.6) is 0 Å². The largest absolute Gasteiger partial charge is 0.310 e. The van der Waals surface area contributed by atoms with Crippen molar-refractivity contribution in [2.45, 2.75) is 0 Å². The number of hydrogen-bond acceptors (Lipinski definition) is 2. The van der Waals surface area contributed by atoms with E-state index in [2.05, 4.69) is 249 Å². The maximum absolute atomic E-state index is 2.48. The minimum Gasteiger partial charge on any atom is -0.310 e. The Morgan fingerprint density at radius 3 is 1.35 bits per heavy atom. The Morgan fingerprint density at radius 1 is 0.290 bits per heavy atom. The molecule has 12 aromatic rings. The number of fused-ring (bicyclic) bond motifs is 8. The van der Waals surface area contributed by atoms with E-state index in [0.717, 1.165) is 34.1 Å². The maximum atomic E-state index is 2.48. The molecule has 0 fully saturated rings. The molecule has 3 heterocycles. The van der Waals surface area contributed by atoms with Gasteiger partial charge in [0.1, 0.15) is 0 Å². The summed E-state index contributed by atoms with van der Waals surface area (Å²) in [6, 6.07) is 84.1. The number of aromatic nitrogens is 2.